The highest BCUT2D eigenvalue weighted by atomic mass is 16.2. The molecule has 0 aromatic carbocycles. The zero-order chi connectivity index (χ0) is 12.1. The van der Waals surface area contributed by atoms with Crippen LogP contribution < -0.4 is 0 Å². The van der Waals surface area contributed by atoms with Gasteiger partial charge in [-0.15, -0.1) is 0 Å². The second kappa shape index (κ2) is 5.86. The maximum Gasteiger partial charge on any atom is 0.239 e. The standard InChI is InChI=1S/C12H21N3O/c1-4-10(9-13)12(16)15(3)11-5-7-14(2)8-6-11/h10-11H,4-8H2,1-3H3. The molecule has 1 rings (SSSR count). The van der Waals surface area contributed by atoms with Crippen LogP contribution in [0.2, 0.25) is 0 Å². The minimum atomic E-state index is -0.468. The molecule has 4 nitrogen and oxygen atoms in total. The van der Waals surface area contributed by atoms with E-state index in [0.717, 1.165) is 25.9 Å². The molecule has 0 aromatic rings. The lowest BCUT2D eigenvalue weighted by Crippen LogP contribution is -2.46. The van der Waals surface area contributed by atoms with Gasteiger partial charge < -0.3 is 9.80 Å². The van der Waals surface area contributed by atoms with Crippen LogP contribution in [0.5, 0.6) is 0 Å². The van der Waals surface area contributed by atoms with Crippen LogP contribution in [0.25, 0.3) is 0 Å². The third-order valence-electron chi connectivity index (χ3n) is 3.45. The first-order chi connectivity index (χ1) is 7.60. The maximum absolute atomic E-state index is 12.0. The molecule has 1 atom stereocenters. The normalized spacial score (nSPS) is 20.1. The summed E-state index contributed by atoms with van der Waals surface area (Å²) in [5, 5.41) is 8.88. The number of piperidine rings is 1. The highest BCUT2D eigenvalue weighted by Crippen LogP contribution is 2.17. The van der Waals surface area contributed by atoms with Gasteiger partial charge in [-0.25, -0.2) is 0 Å². The minimum absolute atomic E-state index is 0.0143. The van der Waals surface area contributed by atoms with Crippen molar-refractivity contribution in [1.29, 1.82) is 5.26 Å². The third-order valence-corrected chi connectivity index (χ3v) is 3.45. The molecule has 0 N–H and O–H groups in total. The van der Waals surface area contributed by atoms with E-state index in [1.807, 2.05) is 14.0 Å². The van der Waals surface area contributed by atoms with Crippen molar-refractivity contribution in [2.45, 2.75) is 32.2 Å². The summed E-state index contributed by atoms with van der Waals surface area (Å²) in [6.45, 7) is 3.95. The summed E-state index contributed by atoms with van der Waals surface area (Å²) in [6, 6.07) is 2.39. The van der Waals surface area contributed by atoms with E-state index in [4.69, 9.17) is 5.26 Å². The molecule has 0 radical (unpaired) electrons. The fraction of sp³-hybridized carbons (Fsp3) is 0.833. The van der Waals surface area contributed by atoms with Gasteiger partial charge in [0.1, 0.15) is 5.92 Å². The van der Waals surface area contributed by atoms with Gasteiger partial charge in [0.15, 0.2) is 0 Å². The Labute approximate surface area is 97.8 Å². The van der Waals surface area contributed by atoms with Crippen LogP contribution in [0, 0.1) is 17.2 Å². The Balaban J connectivity index is 2.54. The third kappa shape index (κ3) is 2.96. The number of nitriles is 1. The monoisotopic (exact) mass is 223 g/mol. The van der Waals surface area contributed by atoms with E-state index in [9.17, 15) is 4.79 Å². The van der Waals surface area contributed by atoms with Gasteiger partial charge in [0.25, 0.3) is 0 Å². The van der Waals surface area contributed by atoms with Gasteiger partial charge in [0.2, 0.25) is 5.91 Å². The molecular formula is C12H21N3O. The number of hydrogen-bond donors (Lipinski definition) is 0. The van der Waals surface area contributed by atoms with Crippen LogP contribution in [-0.4, -0.2) is 48.9 Å². The first kappa shape index (κ1) is 13.0. The summed E-state index contributed by atoms with van der Waals surface area (Å²) in [6.07, 6.45) is 2.63. The fourth-order valence-electron chi connectivity index (χ4n) is 2.13. The largest absolute Gasteiger partial charge is 0.342 e. The number of carbonyl (C=O) groups is 1. The molecule has 0 bridgehead atoms. The Hall–Kier alpha value is -1.08. The van der Waals surface area contributed by atoms with Gasteiger partial charge >= 0.3 is 0 Å². The van der Waals surface area contributed by atoms with Crippen LogP contribution >= 0.6 is 0 Å². The molecule has 1 unspecified atom stereocenters. The molecule has 1 fully saturated rings. The lowest BCUT2D eigenvalue weighted by Gasteiger charge is -2.35. The van der Waals surface area contributed by atoms with E-state index < -0.39 is 5.92 Å². The van der Waals surface area contributed by atoms with Crippen molar-refractivity contribution in [1.82, 2.24) is 9.80 Å². The molecule has 0 spiro atoms. The van der Waals surface area contributed by atoms with E-state index in [-0.39, 0.29) is 5.91 Å². The SMILES string of the molecule is CCC(C#N)C(=O)N(C)C1CCN(C)CC1. The number of nitrogens with zero attached hydrogens (tertiary/aromatic N) is 3. The highest BCUT2D eigenvalue weighted by molar-refractivity contribution is 5.81. The van der Waals surface area contributed by atoms with E-state index in [0.29, 0.717) is 12.5 Å². The van der Waals surface area contributed by atoms with Crippen LogP contribution in [0.3, 0.4) is 0 Å². The van der Waals surface area contributed by atoms with Gasteiger partial charge in [0, 0.05) is 13.1 Å². The summed E-state index contributed by atoms with van der Waals surface area (Å²) in [5.41, 5.74) is 0. The van der Waals surface area contributed by atoms with E-state index in [1.54, 1.807) is 4.90 Å². The van der Waals surface area contributed by atoms with E-state index in [1.165, 1.54) is 0 Å². The second-order valence-electron chi connectivity index (χ2n) is 4.57. The summed E-state index contributed by atoms with van der Waals surface area (Å²) >= 11 is 0. The Morgan fingerprint density at radius 3 is 2.56 bits per heavy atom. The molecule has 1 aliphatic heterocycles. The molecule has 1 heterocycles. The van der Waals surface area contributed by atoms with Gasteiger partial charge in [-0.2, -0.15) is 5.26 Å². The first-order valence-electron chi connectivity index (χ1n) is 5.95. The Morgan fingerprint density at radius 2 is 2.12 bits per heavy atom. The minimum Gasteiger partial charge on any atom is -0.342 e. The summed E-state index contributed by atoms with van der Waals surface area (Å²) in [7, 11) is 3.93. The maximum atomic E-state index is 12.0. The average Bonchev–Trinajstić information content (AvgIpc) is 2.30. The number of carbonyl (C=O) groups excluding carboxylic acids is 1. The van der Waals surface area contributed by atoms with E-state index in [2.05, 4.69) is 18.0 Å². The van der Waals surface area contributed by atoms with Gasteiger partial charge in [-0.05, 0) is 39.4 Å². The zero-order valence-corrected chi connectivity index (χ0v) is 10.4. The molecule has 4 heteroatoms. The lowest BCUT2D eigenvalue weighted by molar-refractivity contribution is -0.135. The van der Waals surface area contributed by atoms with Crippen LogP contribution in [0.1, 0.15) is 26.2 Å². The van der Waals surface area contributed by atoms with E-state index >= 15 is 0 Å². The Bertz CT molecular complexity index is 276. The molecule has 0 aromatic heterocycles. The Morgan fingerprint density at radius 1 is 1.56 bits per heavy atom. The fourth-order valence-corrected chi connectivity index (χ4v) is 2.13. The van der Waals surface area contributed by atoms with Crippen LogP contribution in [0.4, 0.5) is 0 Å². The molecule has 90 valence electrons. The predicted molar refractivity (Wildman–Crippen MR) is 62.7 cm³/mol. The van der Waals surface area contributed by atoms with Crippen molar-refractivity contribution in [3.8, 4) is 6.07 Å². The number of amides is 1. The number of rotatable bonds is 3. The van der Waals surface area contributed by atoms with Crippen molar-refractivity contribution < 1.29 is 4.79 Å². The van der Waals surface area contributed by atoms with Crippen molar-refractivity contribution in [3.63, 3.8) is 0 Å². The summed E-state index contributed by atoms with van der Waals surface area (Å²) in [5.74, 6) is -0.482. The van der Waals surface area contributed by atoms with Gasteiger partial charge in [0.05, 0.1) is 6.07 Å². The Kier molecular flexibility index (Phi) is 4.75. The van der Waals surface area contributed by atoms with Crippen molar-refractivity contribution in [3.05, 3.63) is 0 Å². The predicted octanol–water partition coefficient (Wildman–Crippen LogP) is 1.09. The highest BCUT2D eigenvalue weighted by Gasteiger charge is 2.27. The van der Waals surface area contributed by atoms with Crippen molar-refractivity contribution in [2.24, 2.45) is 5.92 Å². The number of hydrogen-bond acceptors (Lipinski definition) is 3. The molecule has 16 heavy (non-hydrogen) atoms. The molecule has 0 aliphatic carbocycles. The summed E-state index contributed by atoms with van der Waals surface area (Å²) in [4.78, 5) is 16.0. The molecule has 0 saturated carbocycles. The second-order valence-corrected chi connectivity index (χ2v) is 4.57. The van der Waals surface area contributed by atoms with Crippen LogP contribution in [-0.2, 0) is 4.79 Å². The number of likely N-dealkylation sites (tertiary alicyclic amines) is 1. The topological polar surface area (TPSA) is 47.3 Å². The molecular weight excluding hydrogens is 202 g/mol. The van der Waals surface area contributed by atoms with Crippen molar-refractivity contribution >= 4 is 5.91 Å². The molecule has 1 aliphatic rings. The average molecular weight is 223 g/mol. The zero-order valence-electron chi connectivity index (χ0n) is 10.4. The quantitative estimate of drug-likeness (QED) is 0.719. The van der Waals surface area contributed by atoms with Crippen LogP contribution in [0.15, 0.2) is 0 Å². The first-order valence-corrected chi connectivity index (χ1v) is 5.95. The van der Waals surface area contributed by atoms with Crippen molar-refractivity contribution in [2.75, 3.05) is 27.2 Å². The van der Waals surface area contributed by atoms with Gasteiger partial charge in [-0.1, -0.05) is 6.92 Å². The molecule has 1 saturated heterocycles. The summed E-state index contributed by atoms with van der Waals surface area (Å²) < 4.78 is 0. The molecule has 1 amide bonds. The lowest BCUT2D eigenvalue weighted by atomic mass is 10.0. The van der Waals surface area contributed by atoms with Gasteiger partial charge in [-0.3, -0.25) is 4.79 Å². The smallest absolute Gasteiger partial charge is 0.239 e.